The van der Waals surface area contributed by atoms with Crippen LogP contribution in [-0.4, -0.2) is 55.1 Å². The number of nitrogens with zero attached hydrogens (tertiary/aromatic N) is 1. The fraction of sp³-hybridized carbons (Fsp3) is 0.571. The Hall–Kier alpha value is -1.45. The molecule has 0 bridgehead atoms. The average Bonchev–Trinajstić information content (AvgIpc) is 2.49. The maximum atomic E-state index is 14.3. The second-order valence-corrected chi connectivity index (χ2v) is 5.19. The van der Waals surface area contributed by atoms with E-state index in [-0.39, 0.29) is 18.7 Å². The van der Waals surface area contributed by atoms with Crippen molar-refractivity contribution >= 4 is 0 Å². The third-order valence-corrected chi connectivity index (χ3v) is 3.57. The largest absolute Gasteiger partial charge is 0.573 e. The number of benzene rings is 1. The minimum absolute atomic E-state index is 0.223. The van der Waals surface area contributed by atoms with Crippen molar-refractivity contribution in [1.29, 1.82) is 0 Å². The van der Waals surface area contributed by atoms with E-state index < -0.39 is 30.7 Å². The van der Waals surface area contributed by atoms with Crippen LogP contribution in [0.15, 0.2) is 24.3 Å². The van der Waals surface area contributed by atoms with Gasteiger partial charge in [-0.3, -0.25) is 4.90 Å². The molecule has 4 nitrogen and oxygen atoms in total. The monoisotopic (exact) mass is 340 g/mol. The minimum Gasteiger partial charge on any atom is -0.405 e. The fourth-order valence-electron chi connectivity index (χ4n) is 2.64. The van der Waals surface area contributed by atoms with E-state index in [0.29, 0.717) is 13.1 Å². The molecule has 0 aliphatic carbocycles. The SMILES string of the molecule is OCC(F)(F)[C@@H](c1ccccc1OC(F)(F)F)N1CCNCC1. The molecule has 0 amide bonds. The highest BCUT2D eigenvalue weighted by atomic mass is 19.4. The number of hydrogen-bond acceptors (Lipinski definition) is 4. The molecule has 0 unspecified atom stereocenters. The van der Waals surface area contributed by atoms with Gasteiger partial charge in [0.1, 0.15) is 18.4 Å². The quantitative estimate of drug-likeness (QED) is 0.807. The van der Waals surface area contributed by atoms with Crippen LogP contribution in [0.3, 0.4) is 0 Å². The summed E-state index contributed by atoms with van der Waals surface area (Å²) in [4.78, 5) is 1.35. The lowest BCUT2D eigenvalue weighted by atomic mass is 9.97. The Balaban J connectivity index is 2.43. The lowest BCUT2D eigenvalue weighted by Crippen LogP contribution is -2.51. The number of piperazine rings is 1. The first-order valence-corrected chi connectivity index (χ1v) is 7.03. The predicted molar refractivity (Wildman–Crippen MR) is 72.3 cm³/mol. The molecule has 0 aromatic heterocycles. The first kappa shape index (κ1) is 17.9. The molecule has 0 saturated carbocycles. The molecule has 1 fully saturated rings. The zero-order valence-corrected chi connectivity index (χ0v) is 12.1. The van der Waals surface area contributed by atoms with E-state index in [9.17, 15) is 22.0 Å². The van der Waals surface area contributed by atoms with Gasteiger partial charge in [-0.15, -0.1) is 13.2 Å². The molecule has 2 N–H and O–H groups in total. The first-order chi connectivity index (χ1) is 10.7. The predicted octanol–water partition coefficient (Wildman–Crippen LogP) is 2.16. The number of nitrogens with one attached hydrogen (secondary N) is 1. The highest BCUT2D eigenvalue weighted by Crippen LogP contribution is 2.41. The highest BCUT2D eigenvalue weighted by molar-refractivity contribution is 5.37. The van der Waals surface area contributed by atoms with E-state index in [1.54, 1.807) is 0 Å². The maximum Gasteiger partial charge on any atom is 0.573 e. The standard InChI is InChI=1S/C14H17F5N2O2/c15-13(16,9-22)12(21-7-5-20-6-8-21)10-3-1-2-4-11(10)23-14(17,18)19/h1-4,12,20,22H,5-9H2/t12-/m1/s1. The molecule has 9 heteroatoms. The molecule has 2 rings (SSSR count). The van der Waals surface area contributed by atoms with E-state index in [1.807, 2.05) is 0 Å². The highest BCUT2D eigenvalue weighted by Gasteiger charge is 2.46. The van der Waals surface area contributed by atoms with Crippen molar-refractivity contribution in [3.8, 4) is 5.75 Å². The molecule has 1 aliphatic rings. The number of halogens is 5. The molecule has 1 aromatic carbocycles. The normalized spacial score (nSPS) is 18.7. The molecular formula is C14H17F5N2O2. The van der Waals surface area contributed by atoms with Crippen LogP contribution >= 0.6 is 0 Å². The van der Waals surface area contributed by atoms with E-state index >= 15 is 0 Å². The summed E-state index contributed by atoms with van der Waals surface area (Å²) in [7, 11) is 0. The van der Waals surface area contributed by atoms with Crippen LogP contribution in [0.4, 0.5) is 22.0 Å². The van der Waals surface area contributed by atoms with Gasteiger partial charge in [-0.1, -0.05) is 18.2 Å². The second kappa shape index (κ2) is 6.98. The molecule has 1 atom stereocenters. The topological polar surface area (TPSA) is 44.7 Å². The number of aliphatic hydroxyl groups is 1. The second-order valence-electron chi connectivity index (χ2n) is 5.19. The first-order valence-electron chi connectivity index (χ1n) is 7.03. The molecule has 0 radical (unpaired) electrons. The van der Waals surface area contributed by atoms with E-state index in [4.69, 9.17) is 5.11 Å². The van der Waals surface area contributed by atoms with Gasteiger partial charge in [-0.05, 0) is 6.07 Å². The van der Waals surface area contributed by atoms with Gasteiger partial charge >= 0.3 is 6.36 Å². The van der Waals surface area contributed by atoms with Gasteiger partial charge in [0.05, 0.1) is 0 Å². The Morgan fingerprint density at radius 1 is 1.13 bits per heavy atom. The van der Waals surface area contributed by atoms with Crippen LogP contribution in [0, 0.1) is 0 Å². The lowest BCUT2D eigenvalue weighted by molar-refractivity contribution is -0.275. The van der Waals surface area contributed by atoms with Crippen molar-refractivity contribution in [1.82, 2.24) is 10.2 Å². The summed E-state index contributed by atoms with van der Waals surface area (Å²) in [5.74, 6) is -4.29. The van der Waals surface area contributed by atoms with E-state index in [0.717, 1.165) is 12.1 Å². The molecule has 23 heavy (non-hydrogen) atoms. The van der Waals surface area contributed by atoms with Gasteiger partial charge in [0.2, 0.25) is 0 Å². The van der Waals surface area contributed by atoms with Crippen LogP contribution in [0.2, 0.25) is 0 Å². The van der Waals surface area contributed by atoms with Crippen molar-refractivity contribution in [2.75, 3.05) is 32.8 Å². The molecule has 1 aliphatic heterocycles. The maximum absolute atomic E-state index is 14.3. The molecule has 0 spiro atoms. The number of ether oxygens (including phenoxy) is 1. The van der Waals surface area contributed by atoms with Gasteiger partial charge in [-0.2, -0.15) is 0 Å². The summed E-state index contributed by atoms with van der Waals surface area (Å²) in [5, 5.41) is 12.0. The van der Waals surface area contributed by atoms with Crippen LogP contribution < -0.4 is 10.1 Å². The van der Waals surface area contributed by atoms with Gasteiger partial charge in [0.15, 0.2) is 0 Å². The van der Waals surface area contributed by atoms with Crippen molar-refractivity contribution in [2.45, 2.75) is 18.3 Å². The Morgan fingerprint density at radius 3 is 2.30 bits per heavy atom. The zero-order valence-electron chi connectivity index (χ0n) is 12.1. The summed E-state index contributed by atoms with van der Waals surface area (Å²) < 4.78 is 70.0. The molecule has 1 aromatic rings. The van der Waals surface area contributed by atoms with Gasteiger partial charge in [-0.25, -0.2) is 8.78 Å². The summed E-state index contributed by atoms with van der Waals surface area (Å²) >= 11 is 0. The average molecular weight is 340 g/mol. The Labute approximate surface area is 129 Å². The number of hydrogen-bond donors (Lipinski definition) is 2. The Kier molecular flexibility index (Phi) is 5.43. The van der Waals surface area contributed by atoms with Crippen molar-refractivity contribution in [2.24, 2.45) is 0 Å². The van der Waals surface area contributed by atoms with Crippen molar-refractivity contribution in [3.63, 3.8) is 0 Å². The fourth-order valence-corrected chi connectivity index (χ4v) is 2.64. The number of aliphatic hydroxyl groups excluding tert-OH is 1. The smallest absolute Gasteiger partial charge is 0.405 e. The van der Waals surface area contributed by atoms with Crippen LogP contribution in [0.5, 0.6) is 5.75 Å². The van der Waals surface area contributed by atoms with Crippen LogP contribution in [0.1, 0.15) is 11.6 Å². The van der Waals surface area contributed by atoms with Crippen LogP contribution in [-0.2, 0) is 0 Å². The summed E-state index contributed by atoms with van der Waals surface area (Å²) in [6, 6.07) is 3.09. The van der Waals surface area contributed by atoms with E-state index in [2.05, 4.69) is 10.1 Å². The minimum atomic E-state index is -4.99. The molecule has 130 valence electrons. The summed E-state index contributed by atoms with van der Waals surface area (Å²) in [6.07, 6.45) is -4.99. The van der Waals surface area contributed by atoms with Crippen molar-refractivity contribution in [3.05, 3.63) is 29.8 Å². The lowest BCUT2D eigenvalue weighted by Gasteiger charge is -2.39. The zero-order chi connectivity index (χ0) is 17.1. The third kappa shape index (κ3) is 4.52. The number of para-hydroxylation sites is 1. The van der Waals surface area contributed by atoms with E-state index in [1.165, 1.54) is 17.0 Å². The third-order valence-electron chi connectivity index (χ3n) is 3.57. The molecule has 1 saturated heterocycles. The van der Waals surface area contributed by atoms with Crippen LogP contribution in [0.25, 0.3) is 0 Å². The molecule has 1 heterocycles. The number of alkyl halides is 5. The number of rotatable bonds is 5. The Bertz CT molecular complexity index is 518. The van der Waals surface area contributed by atoms with Gasteiger partial charge in [0, 0.05) is 31.7 Å². The summed E-state index contributed by atoms with van der Waals surface area (Å²) in [6.45, 7) is -0.163. The van der Waals surface area contributed by atoms with Gasteiger partial charge < -0.3 is 15.2 Å². The van der Waals surface area contributed by atoms with Crippen molar-refractivity contribution < 1.29 is 31.8 Å². The molecular weight excluding hydrogens is 323 g/mol. The van der Waals surface area contributed by atoms with Gasteiger partial charge in [0.25, 0.3) is 5.92 Å². The summed E-state index contributed by atoms with van der Waals surface area (Å²) in [5.41, 5.74) is -0.300. The Morgan fingerprint density at radius 2 is 1.74 bits per heavy atom.